The molecule has 0 saturated carbocycles. The van der Waals surface area contributed by atoms with E-state index in [2.05, 4.69) is 5.32 Å². The number of carbonyl (C=O) groups is 3. The van der Waals surface area contributed by atoms with Crippen LogP contribution < -0.4 is 10.2 Å². The Kier molecular flexibility index (Phi) is 3.98. The highest BCUT2D eigenvalue weighted by Crippen LogP contribution is 2.19. The molecule has 1 aromatic rings. The number of amides is 3. The van der Waals surface area contributed by atoms with Crippen LogP contribution in [0.15, 0.2) is 36.4 Å². The maximum Gasteiger partial charge on any atom is 0.258 e. The van der Waals surface area contributed by atoms with Crippen LogP contribution in [-0.2, 0) is 20.8 Å². The number of imide groups is 1. The van der Waals surface area contributed by atoms with E-state index in [-0.39, 0.29) is 30.2 Å². The number of nitrogens with zero attached hydrogens (tertiary/aromatic N) is 1. The molecule has 1 aliphatic rings. The second-order valence-corrected chi connectivity index (χ2v) is 4.91. The summed E-state index contributed by atoms with van der Waals surface area (Å²) in [6.45, 7) is 3.80. The maximum absolute atomic E-state index is 11.6. The predicted octanol–water partition coefficient (Wildman–Crippen LogP) is 1.18. The zero-order chi connectivity index (χ0) is 14.7. The van der Waals surface area contributed by atoms with Crippen molar-refractivity contribution in [3.8, 4) is 0 Å². The standard InChI is InChI=1S/C15H16N2O3/c1-10(2)16-13(18)9-11-3-5-12(6-4-11)17-14(19)7-8-15(17)20/h3-8,10H,9H2,1-2H3,(H,16,18). The van der Waals surface area contributed by atoms with Gasteiger partial charge in [-0.3, -0.25) is 14.4 Å². The highest BCUT2D eigenvalue weighted by atomic mass is 16.2. The SMILES string of the molecule is CC(C)NC(=O)Cc1ccc(N2C(=O)C=CC2=O)cc1. The molecule has 0 aromatic heterocycles. The lowest BCUT2D eigenvalue weighted by molar-refractivity contribution is -0.121. The molecule has 0 fully saturated rings. The molecule has 0 aliphatic carbocycles. The average Bonchev–Trinajstić information content (AvgIpc) is 2.69. The molecule has 0 radical (unpaired) electrons. The molecule has 1 heterocycles. The molecule has 0 bridgehead atoms. The summed E-state index contributed by atoms with van der Waals surface area (Å²) in [5, 5.41) is 2.81. The van der Waals surface area contributed by atoms with Gasteiger partial charge >= 0.3 is 0 Å². The molecule has 5 nitrogen and oxygen atoms in total. The first-order valence-corrected chi connectivity index (χ1v) is 6.42. The first-order valence-electron chi connectivity index (χ1n) is 6.42. The van der Waals surface area contributed by atoms with Gasteiger partial charge in [0.25, 0.3) is 11.8 Å². The van der Waals surface area contributed by atoms with E-state index in [1.54, 1.807) is 24.3 Å². The number of nitrogens with one attached hydrogen (secondary N) is 1. The van der Waals surface area contributed by atoms with Crippen LogP contribution in [0.4, 0.5) is 5.69 Å². The Bertz CT molecular complexity index is 555. The van der Waals surface area contributed by atoms with E-state index in [4.69, 9.17) is 0 Å². The van der Waals surface area contributed by atoms with Crippen molar-refractivity contribution in [1.29, 1.82) is 0 Å². The minimum absolute atomic E-state index is 0.0530. The molecule has 0 atom stereocenters. The fourth-order valence-electron chi connectivity index (χ4n) is 1.98. The number of carbonyl (C=O) groups excluding carboxylic acids is 3. The molecule has 0 unspecified atom stereocenters. The van der Waals surface area contributed by atoms with E-state index in [1.165, 1.54) is 12.2 Å². The predicted molar refractivity (Wildman–Crippen MR) is 75.1 cm³/mol. The van der Waals surface area contributed by atoms with Crippen LogP contribution in [0.25, 0.3) is 0 Å². The van der Waals surface area contributed by atoms with Gasteiger partial charge in [0.1, 0.15) is 0 Å². The summed E-state index contributed by atoms with van der Waals surface area (Å²) in [7, 11) is 0. The lowest BCUT2D eigenvalue weighted by Crippen LogP contribution is -2.31. The van der Waals surface area contributed by atoms with Crippen molar-refractivity contribution in [3.05, 3.63) is 42.0 Å². The molecule has 5 heteroatoms. The Morgan fingerprint density at radius 1 is 1.10 bits per heavy atom. The lowest BCUT2D eigenvalue weighted by Gasteiger charge is -2.14. The van der Waals surface area contributed by atoms with Crippen molar-refractivity contribution in [3.63, 3.8) is 0 Å². The van der Waals surface area contributed by atoms with E-state index in [9.17, 15) is 14.4 Å². The van der Waals surface area contributed by atoms with Crippen LogP contribution in [0, 0.1) is 0 Å². The Morgan fingerprint density at radius 2 is 1.65 bits per heavy atom. The van der Waals surface area contributed by atoms with Gasteiger partial charge in [-0.1, -0.05) is 12.1 Å². The fraction of sp³-hybridized carbons (Fsp3) is 0.267. The lowest BCUT2D eigenvalue weighted by atomic mass is 10.1. The second-order valence-electron chi connectivity index (χ2n) is 4.91. The van der Waals surface area contributed by atoms with Gasteiger partial charge in [-0.25, -0.2) is 4.90 Å². The molecular formula is C15H16N2O3. The van der Waals surface area contributed by atoms with Crippen LogP contribution in [0.1, 0.15) is 19.4 Å². The molecule has 0 spiro atoms. The molecule has 1 N–H and O–H groups in total. The van der Waals surface area contributed by atoms with Crippen LogP contribution in [0.5, 0.6) is 0 Å². The summed E-state index contributed by atoms with van der Waals surface area (Å²) < 4.78 is 0. The summed E-state index contributed by atoms with van der Waals surface area (Å²) in [6.07, 6.45) is 2.76. The monoisotopic (exact) mass is 272 g/mol. The highest BCUT2D eigenvalue weighted by Gasteiger charge is 2.24. The summed E-state index contributed by atoms with van der Waals surface area (Å²) in [4.78, 5) is 35.8. The summed E-state index contributed by atoms with van der Waals surface area (Å²) in [5.41, 5.74) is 1.34. The van der Waals surface area contributed by atoms with E-state index in [1.807, 2.05) is 13.8 Å². The van der Waals surface area contributed by atoms with Crippen LogP contribution in [0.3, 0.4) is 0 Å². The van der Waals surface area contributed by atoms with Crippen molar-refractivity contribution >= 4 is 23.4 Å². The van der Waals surface area contributed by atoms with Gasteiger partial charge in [0, 0.05) is 18.2 Å². The van der Waals surface area contributed by atoms with Crippen LogP contribution >= 0.6 is 0 Å². The smallest absolute Gasteiger partial charge is 0.258 e. The zero-order valence-electron chi connectivity index (χ0n) is 11.4. The summed E-state index contributed by atoms with van der Waals surface area (Å²) >= 11 is 0. The Labute approximate surface area is 117 Å². The van der Waals surface area contributed by atoms with Crippen molar-refractivity contribution < 1.29 is 14.4 Å². The van der Waals surface area contributed by atoms with Gasteiger partial charge in [0.2, 0.25) is 5.91 Å². The molecular weight excluding hydrogens is 256 g/mol. The molecule has 0 saturated heterocycles. The van der Waals surface area contributed by atoms with Crippen molar-refractivity contribution in [1.82, 2.24) is 5.32 Å². The second kappa shape index (κ2) is 5.69. The van der Waals surface area contributed by atoms with Gasteiger partial charge < -0.3 is 5.32 Å². The van der Waals surface area contributed by atoms with Gasteiger partial charge in [-0.15, -0.1) is 0 Å². The topological polar surface area (TPSA) is 66.5 Å². The third kappa shape index (κ3) is 3.12. The van der Waals surface area contributed by atoms with Crippen molar-refractivity contribution in [2.45, 2.75) is 26.3 Å². The van der Waals surface area contributed by atoms with Gasteiger partial charge in [0.15, 0.2) is 0 Å². The Balaban J connectivity index is 2.05. The maximum atomic E-state index is 11.6. The number of rotatable bonds is 4. The first kappa shape index (κ1) is 14.0. The third-order valence-electron chi connectivity index (χ3n) is 2.82. The molecule has 104 valence electrons. The molecule has 2 rings (SSSR count). The van der Waals surface area contributed by atoms with E-state index in [0.29, 0.717) is 5.69 Å². The van der Waals surface area contributed by atoms with Crippen molar-refractivity contribution in [2.24, 2.45) is 0 Å². The number of hydrogen-bond acceptors (Lipinski definition) is 3. The molecule has 1 aromatic carbocycles. The first-order chi connectivity index (χ1) is 9.47. The van der Waals surface area contributed by atoms with E-state index in [0.717, 1.165) is 10.5 Å². The zero-order valence-corrected chi connectivity index (χ0v) is 11.4. The van der Waals surface area contributed by atoms with Crippen LogP contribution in [-0.4, -0.2) is 23.8 Å². The average molecular weight is 272 g/mol. The third-order valence-corrected chi connectivity index (χ3v) is 2.82. The minimum Gasteiger partial charge on any atom is -0.354 e. The normalized spacial score (nSPS) is 14.2. The van der Waals surface area contributed by atoms with Gasteiger partial charge in [0.05, 0.1) is 12.1 Å². The fourth-order valence-corrected chi connectivity index (χ4v) is 1.98. The van der Waals surface area contributed by atoms with Gasteiger partial charge in [-0.2, -0.15) is 0 Å². The summed E-state index contributed by atoms with van der Waals surface area (Å²) in [6, 6.07) is 6.93. The molecule has 1 aliphatic heterocycles. The molecule has 20 heavy (non-hydrogen) atoms. The number of anilines is 1. The van der Waals surface area contributed by atoms with E-state index < -0.39 is 0 Å². The Hall–Kier alpha value is -2.43. The minimum atomic E-state index is -0.347. The van der Waals surface area contributed by atoms with E-state index >= 15 is 0 Å². The number of hydrogen-bond donors (Lipinski definition) is 1. The largest absolute Gasteiger partial charge is 0.354 e. The summed E-state index contributed by atoms with van der Waals surface area (Å²) in [5.74, 6) is -0.747. The molecule has 3 amide bonds. The Morgan fingerprint density at radius 3 is 2.15 bits per heavy atom. The van der Waals surface area contributed by atoms with Gasteiger partial charge in [-0.05, 0) is 31.5 Å². The number of benzene rings is 1. The highest BCUT2D eigenvalue weighted by molar-refractivity contribution is 6.28. The quantitative estimate of drug-likeness (QED) is 0.837. The van der Waals surface area contributed by atoms with Crippen LogP contribution in [0.2, 0.25) is 0 Å². The van der Waals surface area contributed by atoms with Crippen molar-refractivity contribution in [2.75, 3.05) is 4.90 Å².